The van der Waals surface area contributed by atoms with Crippen LogP contribution in [-0.4, -0.2) is 28.8 Å². The Kier molecular flexibility index (Phi) is 8.81. The summed E-state index contributed by atoms with van der Waals surface area (Å²) in [4.78, 5) is 27.2. The molecule has 0 saturated carbocycles. The summed E-state index contributed by atoms with van der Waals surface area (Å²) in [5.41, 5.74) is 1.70. The smallest absolute Gasteiger partial charge is 0.242 e. The molecule has 4 nitrogen and oxygen atoms in total. The Hall–Kier alpha value is -1.75. The largest absolute Gasteiger partial charge is 0.352 e. The second-order valence-electron chi connectivity index (χ2n) is 7.20. The third-order valence-electron chi connectivity index (χ3n) is 4.50. The SMILES string of the molecule is CC(C)NC(=O)[C@H](C)N(Cc1ccc(Cl)c(Cl)c1)C(=O)CCc1ccccc1Cl. The minimum Gasteiger partial charge on any atom is -0.352 e. The van der Waals surface area contributed by atoms with E-state index in [1.807, 2.05) is 32.0 Å². The van der Waals surface area contributed by atoms with Crippen molar-refractivity contribution in [2.45, 2.75) is 52.2 Å². The average molecular weight is 456 g/mol. The highest BCUT2D eigenvalue weighted by molar-refractivity contribution is 6.42. The van der Waals surface area contributed by atoms with E-state index < -0.39 is 6.04 Å². The van der Waals surface area contributed by atoms with E-state index in [0.29, 0.717) is 21.5 Å². The van der Waals surface area contributed by atoms with Crippen LogP contribution in [0.1, 0.15) is 38.3 Å². The molecule has 1 atom stereocenters. The van der Waals surface area contributed by atoms with E-state index in [4.69, 9.17) is 34.8 Å². The lowest BCUT2D eigenvalue weighted by Crippen LogP contribution is -2.49. The van der Waals surface area contributed by atoms with Gasteiger partial charge < -0.3 is 10.2 Å². The van der Waals surface area contributed by atoms with E-state index in [1.54, 1.807) is 36.1 Å². The van der Waals surface area contributed by atoms with Crippen molar-refractivity contribution in [2.75, 3.05) is 0 Å². The van der Waals surface area contributed by atoms with Crippen molar-refractivity contribution in [3.05, 3.63) is 68.7 Å². The molecule has 0 aromatic heterocycles. The third-order valence-corrected chi connectivity index (χ3v) is 5.61. The number of nitrogens with zero attached hydrogens (tertiary/aromatic N) is 1. The van der Waals surface area contributed by atoms with Gasteiger partial charge in [0, 0.05) is 24.0 Å². The van der Waals surface area contributed by atoms with Crippen molar-refractivity contribution in [3.63, 3.8) is 0 Å². The van der Waals surface area contributed by atoms with E-state index in [1.165, 1.54) is 0 Å². The highest BCUT2D eigenvalue weighted by Crippen LogP contribution is 2.24. The first kappa shape index (κ1) is 23.5. The van der Waals surface area contributed by atoms with Crippen LogP contribution in [0.15, 0.2) is 42.5 Å². The molecule has 0 aliphatic rings. The Balaban J connectivity index is 2.20. The van der Waals surface area contributed by atoms with Gasteiger partial charge in [0.2, 0.25) is 11.8 Å². The van der Waals surface area contributed by atoms with Crippen LogP contribution in [0.5, 0.6) is 0 Å². The van der Waals surface area contributed by atoms with Crippen LogP contribution in [0, 0.1) is 0 Å². The Morgan fingerprint density at radius 1 is 0.966 bits per heavy atom. The van der Waals surface area contributed by atoms with Gasteiger partial charge in [-0.25, -0.2) is 0 Å². The maximum absolute atomic E-state index is 13.1. The zero-order valence-corrected chi connectivity index (χ0v) is 19.0. The van der Waals surface area contributed by atoms with Crippen molar-refractivity contribution < 1.29 is 9.59 Å². The molecule has 0 aliphatic carbocycles. The summed E-state index contributed by atoms with van der Waals surface area (Å²) in [7, 11) is 0. The number of benzene rings is 2. The molecule has 7 heteroatoms. The Bertz CT molecular complexity index is 871. The quantitative estimate of drug-likeness (QED) is 0.569. The molecule has 0 aliphatic heterocycles. The summed E-state index contributed by atoms with van der Waals surface area (Å²) in [6.07, 6.45) is 0.735. The minimum atomic E-state index is -0.634. The molecule has 0 fully saturated rings. The zero-order chi connectivity index (χ0) is 21.6. The molecule has 156 valence electrons. The number of hydrogen-bond acceptors (Lipinski definition) is 2. The number of carbonyl (C=O) groups excluding carboxylic acids is 2. The normalized spacial score (nSPS) is 12.0. The van der Waals surface area contributed by atoms with Gasteiger partial charge in [0.25, 0.3) is 0 Å². The summed E-state index contributed by atoms with van der Waals surface area (Å²) >= 11 is 18.3. The van der Waals surface area contributed by atoms with Crippen LogP contribution in [0.3, 0.4) is 0 Å². The van der Waals surface area contributed by atoms with Gasteiger partial charge in [-0.15, -0.1) is 0 Å². The molecular weight excluding hydrogens is 431 g/mol. The molecule has 0 saturated heterocycles. The maximum Gasteiger partial charge on any atom is 0.242 e. The van der Waals surface area contributed by atoms with E-state index in [2.05, 4.69) is 5.32 Å². The summed E-state index contributed by atoms with van der Waals surface area (Å²) in [5, 5.41) is 4.34. The van der Waals surface area contributed by atoms with Crippen molar-refractivity contribution in [1.82, 2.24) is 10.2 Å². The van der Waals surface area contributed by atoms with Crippen molar-refractivity contribution in [1.29, 1.82) is 0 Å². The van der Waals surface area contributed by atoms with Crippen LogP contribution in [0.4, 0.5) is 0 Å². The molecule has 0 heterocycles. The van der Waals surface area contributed by atoms with Crippen LogP contribution in [-0.2, 0) is 22.6 Å². The zero-order valence-electron chi connectivity index (χ0n) is 16.7. The Morgan fingerprint density at radius 3 is 2.28 bits per heavy atom. The molecule has 0 unspecified atom stereocenters. The monoisotopic (exact) mass is 454 g/mol. The van der Waals surface area contributed by atoms with Gasteiger partial charge in [-0.05, 0) is 56.5 Å². The van der Waals surface area contributed by atoms with Gasteiger partial charge in [0.1, 0.15) is 6.04 Å². The first-order valence-corrected chi connectivity index (χ1v) is 10.6. The van der Waals surface area contributed by atoms with Crippen molar-refractivity contribution in [3.8, 4) is 0 Å². The molecule has 0 spiro atoms. The fourth-order valence-corrected chi connectivity index (χ4v) is 3.46. The molecular formula is C22H25Cl3N2O2. The minimum absolute atomic E-state index is 0.0185. The number of hydrogen-bond donors (Lipinski definition) is 1. The van der Waals surface area contributed by atoms with E-state index >= 15 is 0 Å². The van der Waals surface area contributed by atoms with Crippen LogP contribution in [0.2, 0.25) is 15.1 Å². The average Bonchev–Trinajstić information content (AvgIpc) is 2.67. The predicted octanol–water partition coefficient (Wildman–Crippen LogP) is 5.52. The number of aryl methyl sites for hydroxylation is 1. The van der Waals surface area contributed by atoms with Crippen LogP contribution >= 0.6 is 34.8 Å². The number of halogens is 3. The fraction of sp³-hybridized carbons (Fsp3) is 0.364. The highest BCUT2D eigenvalue weighted by atomic mass is 35.5. The van der Waals surface area contributed by atoms with E-state index in [-0.39, 0.29) is 30.8 Å². The second kappa shape index (κ2) is 10.9. The number of rotatable bonds is 8. The lowest BCUT2D eigenvalue weighted by atomic mass is 10.1. The highest BCUT2D eigenvalue weighted by Gasteiger charge is 2.26. The Labute approximate surface area is 187 Å². The fourth-order valence-electron chi connectivity index (χ4n) is 2.91. The van der Waals surface area contributed by atoms with Crippen LogP contribution < -0.4 is 5.32 Å². The first-order chi connectivity index (χ1) is 13.7. The van der Waals surface area contributed by atoms with Gasteiger partial charge in [-0.2, -0.15) is 0 Å². The Morgan fingerprint density at radius 2 is 1.66 bits per heavy atom. The molecule has 1 N–H and O–H groups in total. The summed E-state index contributed by atoms with van der Waals surface area (Å²) < 4.78 is 0. The van der Waals surface area contributed by atoms with Gasteiger partial charge in [0.15, 0.2) is 0 Å². The van der Waals surface area contributed by atoms with Crippen molar-refractivity contribution >= 4 is 46.6 Å². The van der Waals surface area contributed by atoms with Gasteiger partial charge >= 0.3 is 0 Å². The summed E-state index contributed by atoms with van der Waals surface area (Å²) in [6, 6.07) is 12.0. The predicted molar refractivity (Wildman–Crippen MR) is 120 cm³/mol. The molecule has 2 aromatic rings. The topological polar surface area (TPSA) is 49.4 Å². The van der Waals surface area contributed by atoms with Gasteiger partial charge in [-0.1, -0.05) is 59.1 Å². The molecule has 0 bridgehead atoms. The number of carbonyl (C=O) groups is 2. The molecule has 2 aromatic carbocycles. The van der Waals surface area contributed by atoms with Crippen LogP contribution in [0.25, 0.3) is 0 Å². The molecule has 2 amide bonds. The summed E-state index contributed by atoms with van der Waals surface area (Å²) in [5.74, 6) is -0.339. The number of nitrogens with one attached hydrogen (secondary N) is 1. The molecule has 0 radical (unpaired) electrons. The first-order valence-electron chi connectivity index (χ1n) is 9.46. The summed E-state index contributed by atoms with van der Waals surface area (Å²) in [6.45, 7) is 5.74. The lowest BCUT2D eigenvalue weighted by Gasteiger charge is -2.29. The molecule has 29 heavy (non-hydrogen) atoms. The third kappa shape index (κ3) is 6.91. The molecule has 2 rings (SSSR count). The maximum atomic E-state index is 13.1. The second-order valence-corrected chi connectivity index (χ2v) is 8.42. The number of amides is 2. The van der Waals surface area contributed by atoms with Crippen molar-refractivity contribution in [2.24, 2.45) is 0 Å². The van der Waals surface area contributed by atoms with E-state index in [0.717, 1.165) is 11.1 Å². The van der Waals surface area contributed by atoms with Gasteiger partial charge in [-0.3, -0.25) is 9.59 Å². The van der Waals surface area contributed by atoms with Gasteiger partial charge in [0.05, 0.1) is 10.0 Å². The lowest BCUT2D eigenvalue weighted by molar-refractivity contribution is -0.140. The standard InChI is InChI=1S/C22H25Cl3N2O2/c1-14(2)26-22(29)15(3)27(13-16-8-10-19(24)20(25)12-16)21(28)11-9-17-6-4-5-7-18(17)23/h4-8,10,12,14-15H,9,11,13H2,1-3H3,(H,26,29)/t15-/m0/s1. The van der Waals surface area contributed by atoms with E-state index in [9.17, 15) is 9.59 Å².